The lowest BCUT2D eigenvalue weighted by atomic mass is 9.87. The first kappa shape index (κ1) is 47.3. The Bertz CT molecular complexity index is 1900. The minimum atomic E-state index is -5.58. The third kappa shape index (κ3) is 14.4. The number of phosphoric ester groups is 3. The van der Waals surface area contributed by atoms with E-state index in [1.54, 1.807) is 0 Å². The van der Waals surface area contributed by atoms with Crippen LogP contribution in [-0.4, -0.2) is 128 Å². The second kappa shape index (κ2) is 20.1. The summed E-state index contributed by atoms with van der Waals surface area (Å²) in [5, 5.41) is 25.9. The zero-order chi connectivity index (χ0) is 42.1. The molecule has 2 amide bonds. The quantitative estimate of drug-likeness (QED) is 0.0285. The molecule has 2 aromatic heterocycles. The molecule has 29 heteroatoms. The average molecular weight is 878 g/mol. The van der Waals surface area contributed by atoms with Crippen LogP contribution in [0.3, 0.4) is 0 Å². The highest BCUT2D eigenvalue weighted by Gasteiger charge is 2.50. The number of anilines is 1. The van der Waals surface area contributed by atoms with E-state index in [1.807, 2.05) is 0 Å². The first-order valence-corrected chi connectivity index (χ1v) is 21.6. The summed E-state index contributed by atoms with van der Waals surface area (Å²) in [6.45, 7) is 3.69. The number of ketones is 1. The van der Waals surface area contributed by atoms with E-state index >= 15 is 0 Å². The lowest BCUT2D eigenvalue weighted by molar-refractivity contribution is -0.137. The van der Waals surface area contributed by atoms with E-state index in [2.05, 4.69) is 41.0 Å². The van der Waals surface area contributed by atoms with Gasteiger partial charge in [-0.15, -0.1) is 6.58 Å². The monoisotopic (exact) mass is 877 g/mol. The molecule has 2 aromatic rings. The van der Waals surface area contributed by atoms with Crippen LogP contribution in [0.15, 0.2) is 25.3 Å². The normalized spacial score (nSPS) is 21.5. The molecule has 0 radical (unpaired) electrons. The van der Waals surface area contributed by atoms with Gasteiger partial charge in [-0.25, -0.2) is 28.6 Å². The number of allylic oxidation sites excluding steroid dienone is 1. The van der Waals surface area contributed by atoms with Gasteiger partial charge in [-0.2, -0.15) is 4.31 Å². The Balaban J connectivity index is 1.48. The van der Waals surface area contributed by atoms with E-state index in [9.17, 15) is 62.7 Å². The van der Waals surface area contributed by atoms with Crippen LogP contribution in [0.4, 0.5) is 5.82 Å². The largest absolute Gasteiger partial charge is 0.481 e. The van der Waals surface area contributed by atoms with Gasteiger partial charge in [0.2, 0.25) is 11.8 Å². The van der Waals surface area contributed by atoms with Crippen molar-refractivity contribution in [3.63, 3.8) is 0 Å². The predicted octanol–water partition coefficient (Wildman–Crippen LogP) is -0.800. The van der Waals surface area contributed by atoms with Crippen LogP contribution in [0.5, 0.6) is 0 Å². The lowest BCUT2D eigenvalue weighted by Gasteiger charge is -2.30. The summed E-state index contributed by atoms with van der Waals surface area (Å²) in [4.78, 5) is 98.6. The van der Waals surface area contributed by atoms with Crippen LogP contribution in [0, 0.1) is 5.41 Å². The van der Waals surface area contributed by atoms with E-state index in [0.717, 1.165) is 29.0 Å². The number of Topliss-reactive ketones (excluding diaryl/α,β-unsaturated/α-hetero) is 1. The van der Waals surface area contributed by atoms with Gasteiger partial charge >= 0.3 is 23.5 Å². The van der Waals surface area contributed by atoms with E-state index in [-0.39, 0.29) is 66.0 Å². The first-order chi connectivity index (χ1) is 25.9. The fraction of sp³-hybridized carbons (Fsp3) is 0.593. The molecule has 314 valence electrons. The number of fused-ring (bicyclic) bond motifs is 1. The summed E-state index contributed by atoms with van der Waals surface area (Å²) in [6.07, 6.45) is -5.84. The predicted molar refractivity (Wildman–Crippen MR) is 192 cm³/mol. The number of nitrogens with two attached hydrogens (primary N) is 1. The molecule has 0 aliphatic carbocycles. The molecule has 1 aliphatic rings. The zero-order valence-corrected chi connectivity index (χ0v) is 33.2. The third-order valence-corrected chi connectivity index (χ3v) is 11.5. The van der Waals surface area contributed by atoms with E-state index in [4.69, 9.17) is 19.5 Å². The SMILES string of the molecule is C=CCC(=O)CC(=O)SCCNC(=O)CCNC(=O)C(O)C(C)(C)COP(=O)(O)OP(=O)(O)OCC1OC(n2cnc3c(N)ncnc32)C(O)C1OP(=O)(O)O. The fourth-order valence-corrected chi connectivity index (χ4v) is 8.26. The van der Waals surface area contributed by atoms with Crippen molar-refractivity contribution in [3.05, 3.63) is 25.3 Å². The molecule has 1 fully saturated rings. The molecule has 3 heterocycles. The molecular weight excluding hydrogens is 835 g/mol. The Morgan fingerprint density at radius 1 is 1.09 bits per heavy atom. The van der Waals surface area contributed by atoms with Crippen molar-refractivity contribution in [2.45, 2.75) is 63.8 Å². The average Bonchev–Trinajstić information content (AvgIpc) is 3.64. The number of rotatable bonds is 23. The molecule has 25 nitrogen and oxygen atoms in total. The van der Waals surface area contributed by atoms with Crippen LogP contribution < -0.4 is 16.4 Å². The molecule has 0 saturated carbocycles. The van der Waals surface area contributed by atoms with E-state index in [0.29, 0.717) is 0 Å². The number of aliphatic hydroxyl groups is 2. The molecule has 7 unspecified atom stereocenters. The Kier molecular flexibility index (Phi) is 17.0. The van der Waals surface area contributed by atoms with Gasteiger partial charge in [0.15, 0.2) is 22.8 Å². The molecule has 0 aromatic carbocycles. The molecular formula is C27H42N7O18P3S. The second-order valence-corrected chi connectivity index (χ2v) is 17.9. The van der Waals surface area contributed by atoms with Crippen molar-refractivity contribution in [3.8, 4) is 0 Å². The molecule has 0 bridgehead atoms. The molecule has 0 spiro atoms. The van der Waals surface area contributed by atoms with E-state index < -0.39 is 84.6 Å². The maximum atomic E-state index is 12.7. The van der Waals surface area contributed by atoms with Gasteiger partial charge in [0.25, 0.3) is 0 Å². The smallest absolute Gasteiger partial charge is 0.386 e. The highest BCUT2D eigenvalue weighted by atomic mass is 32.2. The molecule has 56 heavy (non-hydrogen) atoms. The molecule has 3 rings (SSSR count). The van der Waals surface area contributed by atoms with Crippen molar-refractivity contribution in [1.29, 1.82) is 0 Å². The van der Waals surface area contributed by atoms with Crippen LogP contribution in [0.25, 0.3) is 11.2 Å². The number of nitrogens with one attached hydrogen (secondary N) is 2. The van der Waals surface area contributed by atoms with Crippen molar-refractivity contribution >= 4 is 74.9 Å². The van der Waals surface area contributed by atoms with Crippen molar-refractivity contribution in [1.82, 2.24) is 30.2 Å². The number of carbonyl (C=O) groups is 4. The summed E-state index contributed by atoms with van der Waals surface area (Å²) < 4.78 is 62.0. The molecule has 1 aliphatic heterocycles. The summed E-state index contributed by atoms with van der Waals surface area (Å²) in [5.41, 5.74) is 4.22. The number of hydrogen-bond acceptors (Lipinski definition) is 19. The highest BCUT2D eigenvalue weighted by molar-refractivity contribution is 8.13. The van der Waals surface area contributed by atoms with Gasteiger partial charge < -0.3 is 50.9 Å². The minimum Gasteiger partial charge on any atom is -0.386 e. The summed E-state index contributed by atoms with van der Waals surface area (Å²) >= 11 is 0.869. The number of thioether (sulfide) groups is 1. The van der Waals surface area contributed by atoms with Gasteiger partial charge in [-0.05, 0) is 0 Å². The number of nitrogen functional groups attached to an aromatic ring is 1. The van der Waals surface area contributed by atoms with Gasteiger partial charge in [0, 0.05) is 37.1 Å². The molecule has 10 N–H and O–H groups in total. The number of hydrogen-bond donors (Lipinski definition) is 9. The Morgan fingerprint density at radius 2 is 1.77 bits per heavy atom. The summed E-state index contributed by atoms with van der Waals surface area (Å²) in [6, 6.07) is 0. The number of ether oxygens (including phenoxy) is 1. The second-order valence-electron chi connectivity index (χ2n) is 12.5. The zero-order valence-electron chi connectivity index (χ0n) is 29.7. The Morgan fingerprint density at radius 3 is 2.43 bits per heavy atom. The number of aliphatic hydroxyl groups excluding tert-OH is 2. The van der Waals surface area contributed by atoms with Crippen molar-refractivity contribution in [2.75, 3.05) is 37.8 Å². The van der Waals surface area contributed by atoms with Crippen molar-refractivity contribution in [2.24, 2.45) is 5.41 Å². The van der Waals surface area contributed by atoms with Gasteiger partial charge in [0.1, 0.15) is 42.0 Å². The minimum absolute atomic E-state index is 0.0227. The number of aromatic nitrogens is 4. The number of imidazole rings is 1. The lowest BCUT2D eigenvalue weighted by Crippen LogP contribution is -2.46. The maximum absolute atomic E-state index is 12.7. The molecule has 7 atom stereocenters. The van der Waals surface area contributed by atoms with Crippen LogP contribution >= 0.6 is 35.2 Å². The van der Waals surface area contributed by atoms with Crippen LogP contribution in [-0.2, 0) is 55.5 Å². The maximum Gasteiger partial charge on any atom is 0.481 e. The number of nitrogens with zero attached hydrogens (tertiary/aromatic N) is 4. The topological polar surface area (TPSA) is 381 Å². The summed E-state index contributed by atoms with van der Waals surface area (Å²) in [5.74, 6) is -1.64. The van der Waals surface area contributed by atoms with Gasteiger partial charge in [-0.1, -0.05) is 31.7 Å². The molecule has 1 saturated heterocycles. The van der Waals surface area contributed by atoms with E-state index in [1.165, 1.54) is 19.9 Å². The van der Waals surface area contributed by atoms with Crippen LogP contribution in [0.2, 0.25) is 0 Å². The Labute approximate surface area is 322 Å². The first-order valence-electron chi connectivity index (χ1n) is 16.1. The third-order valence-electron chi connectivity index (χ3n) is 7.48. The number of carbonyl (C=O) groups excluding carboxylic acids is 4. The number of phosphoric acid groups is 3. The van der Waals surface area contributed by atoms with Gasteiger partial charge in [-0.3, -0.25) is 37.3 Å². The highest BCUT2D eigenvalue weighted by Crippen LogP contribution is 2.61. The fourth-order valence-electron chi connectivity index (χ4n) is 4.74. The summed E-state index contributed by atoms with van der Waals surface area (Å²) in [7, 11) is -16.4. The van der Waals surface area contributed by atoms with Crippen LogP contribution in [0.1, 0.15) is 39.3 Å². The van der Waals surface area contributed by atoms with Crippen molar-refractivity contribution < 1.29 is 85.3 Å². The standard InChI is InChI=1S/C27H42N7O18P3S/c1-4-5-15(35)10-18(37)56-9-8-29-17(36)6-7-30-25(40)22(39)27(2,3)12-49-55(46,47)52-54(44,45)48-11-16-21(51-53(41,42)43)20(38)26(50-16)34-14-33-19-23(28)31-13-32-24(19)34/h4,13-14,16,20-22,26,38-39H,1,5-12H2,2-3H3,(H,29,36)(H,30,40)(H,44,45)(H,46,47)(H2,28,31,32)(H2,41,42,43). The Hall–Kier alpha value is -3.03. The van der Waals surface area contributed by atoms with Gasteiger partial charge in [0.05, 0.1) is 26.0 Å². The number of amides is 2.